The molecule has 0 bridgehead atoms. The summed E-state index contributed by atoms with van der Waals surface area (Å²) >= 11 is 1.60. The van der Waals surface area contributed by atoms with Gasteiger partial charge in [-0.2, -0.15) is 15.1 Å². The van der Waals surface area contributed by atoms with Gasteiger partial charge in [0, 0.05) is 55.5 Å². The summed E-state index contributed by atoms with van der Waals surface area (Å²) < 4.78 is 35.8. The molecule has 5 aromatic rings. The van der Waals surface area contributed by atoms with E-state index in [-0.39, 0.29) is 11.4 Å². The molecule has 1 aliphatic heterocycles. The number of aromatic nitrogens is 5. The number of anilines is 3. The standard InChI is InChI=1S/C25H24F2N8OS/c1-14-10-15-17(28-14)11-16(26)24(23(15)27)36-25-30-20(13-22(31-25)35-7-5-34(2)6-8-35)29-21-12-18(32-33-21)19-4-3-9-37-19/h3-4,9-13,28H,5-8H2,1-2H3,(H2,29,30,31,32,33). The topological polar surface area (TPSA) is 98.0 Å². The Bertz CT molecular complexity index is 1560. The molecule has 37 heavy (non-hydrogen) atoms. The van der Waals surface area contributed by atoms with Crippen LogP contribution in [0.5, 0.6) is 11.8 Å². The smallest absolute Gasteiger partial charge is 0.326 e. The molecule has 0 amide bonds. The predicted molar refractivity (Wildman–Crippen MR) is 140 cm³/mol. The van der Waals surface area contributed by atoms with E-state index >= 15 is 4.39 Å². The quantitative estimate of drug-likeness (QED) is 0.279. The van der Waals surface area contributed by atoms with Crippen molar-refractivity contribution in [2.75, 3.05) is 43.4 Å². The van der Waals surface area contributed by atoms with Gasteiger partial charge < -0.3 is 24.8 Å². The van der Waals surface area contributed by atoms with E-state index < -0.39 is 17.4 Å². The second-order valence-electron chi connectivity index (χ2n) is 8.97. The summed E-state index contributed by atoms with van der Waals surface area (Å²) in [6, 6.07) is 10.3. The number of thiophene rings is 1. The van der Waals surface area contributed by atoms with Crippen LogP contribution in [0.1, 0.15) is 5.69 Å². The highest BCUT2D eigenvalue weighted by Gasteiger charge is 2.22. The van der Waals surface area contributed by atoms with Crippen molar-refractivity contribution >= 4 is 39.7 Å². The van der Waals surface area contributed by atoms with E-state index in [2.05, 4.69) is 47.3 Å². The van der Waals surface area contributed by atoms with Crippen LogP contribution < -0.4 is 15.0 Å². The first-order valence-electron chi connectivity index (χ1n) is 11.8. The van der Waals surface area contributed by atoms with E-state index in [0.29, 0.717) is 28.7 Å². The Morgan fingerprint density at radius 2 is 1.89 bits per heavy atom. The first-order chi connectivity index (χ1) is 17.9. The normalized spacial score (nSPS) is 14.4. The van der Waals surface area contributed by atoms with Gasteiger partial charge in [-0.15, -0.1) is 11.3 Å². The Labute approximate surface area is 215 Å². The van der Waals surface area contributed by atoms with Gasteiger partial charge in [-0.1, -0.05) is 6.07 Å². The number of halogens is 2. The number of nitrogens with one attached hydrogen (secondary N) is 3. The molecule has 0 aliphatic carbocycles. The fraction of sp³-hybridized carbons (Fsp3) is 0.240. The molecule has 1 saturated heterocycles. The van der Waals surface area contributed by atoms with Crippen molar-refractivity contribution in [3.05, 3.63) is 59.1 Å². The van der Waals surface area contributed by atoms with Gasteiger partial charge in [-0.25, -0.2) is 8.78 Å². The minimum absolute atomic E-state index is 0.169. The van der Waals surface area contributed by atoms with E-state index in [1.807, 2.05) is 23.6 Å². The Morgan fingerprint density at radius 1 is 1.05 bits per heavy atom. The lowest BCUT2D eigenvalue weighted by Crippen LogP contribution is -2.44. The predicted octanol–water partition coefficient (Wildman–Crippen LogP) is 5.28. The third-order valence-electron chi connectivity index (χ3n) is 6.24. The van der Waals surface area contributed by atoms with Crippen LogP contribution >= 0.6 is 11.3 Å². The summed E-state index contributed by atoms with van der Waals surface area (Å²) in [5, 5.41) is 12.7. The molecule has 5 heterocycles. The number of aryl methyl sites for hydroxylation is 1. The number of likely N-dealkylation sites (N-methyl/N-ethyl adjacent to an activating group) is 1. The average molecular weight is 523 g/mol. The largest absolute Gasteiger partial charge is 0.418 e. The maximum atomic E-state index is 15.2. The van der Waals surface area contributed by atoms with Crippen LogP contribution in [0.25, 0.3) is 21.5 Å². The van der Waals surface area contributed by atoms with Crippen molar-refractivity contribution in [3.8, 4) is 22.3 Å². The van der Waals surface area contributed by atoms with Crippen LogP contribution in [0.4, 0.5) is 26.2 Å². The van der Waals surface area contributed by atoms with Gasteiger partial charge in [-0.05, 0) is 31.5 Å². The summed E-state index contributed by atoms with van der Waals surface area (Å²) in [7, 11) is 2.06. The number of ether oxygens (including phenoxy) is 1. The van der Waals surface area contributed by atoms with E-state index in [1.165, 1.54) is 6.07 Å². The second-order valence-corrected chi connectivity index (χ2v) is 9.92. The third kappa shape index (κ3) is 4.72. The highest BCUT2D eigenvalue weighted by atomic mass is 32.1. The fourth-order valence-corrected chi connectivity index (χ4v) is 5.00. The van der Waals surface area contributed by atoms with Gasteiger partial charge in [0.05, 0.1) is 16.1 Å². The molecule has 1 aliphatic rings. The third-order valence-corrected chi connectivity index (χ3v) is 7.14. The van der Waals surface area contributed by atoms with Crippen LogP contribution in [0.3, 0.4) is 0 Å². The van der Waals surface area contributed by atoms with Crippen LogP contribution in [-0.4, -0.2) is 63.3 Å². The highest BCUT2D eigenvalue weighted by Crippen LogP contribution is 2.34. The minimum Gasteiger partial charge on any atom is -0.418 e. The molecule has 0 radical (unpaired) electrons. The molecule has 4 aromatic heterocycles. The lowest BCUT2D eigenvalue weighted by molar-refractivity contribution is 0.311. The molecular formula is C25H24F2N8OS. The lowest BCUT2D eigenvalue weighted by atomic mass is 10.2. The zero-order valence-electron chi connectivity index (χ0n) is 20.2. The number of piperazine rings is 1. The molecule has 9 nitrogen and oxygen atoms in total. The molecule has 0 saturated carbocycles. The SMILES string of the molecule is Cc1cc2c(F)c(Oc3nc(Nc4cc(-c5cccs5)[nH]n4)cc(N4CCN(C)CC4)n3)c(F)cc2[nH]1. The number of fused-ring (bicyclic) bond motifs is 1. The molecule has 0 unspecified atom stereocenters. The van der Waals surface area contributed by atoms with Gasteiger partial charge in [0.2, 0.25) is 5.75 Å². The number of H-pyrrole nitrogens is 2. The van der Waals surface area contributed by atoms with Crippen LogP contribution in [0.15, 0.2) is 41.8 Å². The second kappa shape index (κ2) is 9.45. The van der Waals surface area contributed by atoms with Crippen molar-refractivity contribution in [2.45, 2.75) is 6.92 Å². The Kier molecular flexibility index (Phi) is 5.97. The van der Waals surface area contributed by atoms with Crippen molar-refractivity contribution in [2.24, 2.45) is 0 Å². The van der Waals surface area contributed by atoms with E-state index in [9.17, 15) is 4.39 Å². The van der Waals surface area contributed by atoms with Crippen molar-refractivity contribution in [1.82, 2.24) is 30.0 Å². The molecule has 1 aromatic carbocycles. The zero-order valence-corrected chi connectivity index (χ0v) is 21.0. The number of hydrogen-bond donors (Lipinski definition) is 3. The fourth-order valence-electron chi connectivity index (χ4n) is 4.30. The minimum atomic E-state index is -0.845. The van der Waals surface area contributed by atoms with Gasteiger partial charge in [-0.3, -0.25) is 5.10 Å². The van der Waals surface area contributed by atoms with Gasteiger partial charge in [0.15, 0.2) is 17.5 Å². The van der Waals surface area contributed by atoms with E-state index in [1.54, 1.807) is 30.4 Å². The first kappa shape index (κ1) is 23.4. The molecule has 12 heteroatoms. The first-order valence-corrected chi connectivity index (χ1v) is 12.6. The molecular weight excluding hydrogens is 498 g/mol. The molecule has 6 rings (SSSR count). The Hall–Kier alpha value is -4.03. The maximum absolute atomic E-state index is 15.2. The van der Waals surface area contributed by atoms with Crippen molar-refractivity contribution < 1.29 is 13.5 Å². The molecule has 0 spiro atoms. The lowest BCUT2D eigenvalue weighted by Gasteiger charge is -2.33. The molecule has 190 valence electrons. The number of rotatable bonds is 6. The number of nitrogens with zero attached hydrogens (tertiary/aromatic N) is 5. The molecule has 0 atom stereocenters. The Balaban J connectivity index is 1.35. The van der Waals surface area contributed by atoms with Gasteiger partial charge in [0.1, 0.15) is 11.6 Å². The molecule has 3 N–H and O–H groups in total. The van der Waals surface area contributed by atoms with E-state index in [4.69, 9.17) is 4.74 Å². The van der Waals surface area contributed by atoms with Crippen LogP contribution in [0, 0.1) is 18.6 Å². The van der Waals surface area contributed by atoms with Crippen molar-refractivity contribution in [1.29, 1.82) is 0 Å². The monoisotopic (exact) mass is 522 g/mol. The Morgan fingerprint density at radius 3 is 2.68 bits per heavy atom. The molecule has 1 fully saturated rings. The van der Waals surface area contributed by atoms with Gasteiger partial charge in [0.25, 0.3) is 0 Å². The summed E-state index contributed by atoms with van der Waals surface area (Å²) in [5.74, 6) is -0.679. The van der Waals surface area contributed by atoms with E-state index in [0.717, 1.165) is 36.8 Å². The maximum Gasteiger partial charge on any atom is 0.326 e. The number of hydrogen-bond acceptors (Lipinski definition) is 8. The summed E-state index contributed by atoms with van der Waals surface area (Å²) in [4.78, 5) is 17.2. The number of aromatic amines is 2. The van der Waals surface area contributed by atoms with Crippen molar-refractivity contribution in [3.63, 3.8) is 0 Å². The van der Waals surface area contributed by atoms with Crippen LogP contribution in [-0.2, 0) is 0 Å². The summed E-state index contributed by atoms with van der Waals surface area (Å²) in [6.45, 7) is 4.99. The highest BCUT2D eigenvalue weighted by molar-refractivity contribution is 7.13. The van der Waals surface area contributed by atoms with Gasteiger partial charge >= 0.3 is 6.01 Å². The summed E-state index contributed by atoms with van der Waals surface area (Å²) in [5.41, 5.74) is 1.93. The average Bonchev–Trinajstić information content (AvgIpc) is 3.63. The summed E-state index contributed by atoms with van der Waals surface area (Å²) in [6.07, 6.45) is 0. The zero-order chi connectivity index (χ0) is 25.5. The number of benzene rings is 1. The van der Waals surface area contributed by atoms with Crippen LogP contribution in [0.2, 0.25) is 0 Å².